The van der Waals surface area contributed by atoms with Crippen LogP contribution in [0.1, 0.15) is 25.8 Å². The maximum Gasteiger partial charge on any atom is 0.289 e. The van der Waals surface area contributed by atoms with Crippen molar-refractivity contribution in [1.29, 1.82) is 0 Å². The van der Waals surface area contributed by atoms with Gasteiger partial charge in [-0.15, -0.1) is 10.2 Å². The molecule has 2 aromatic carbocycles. The van der Waals surface area contributed by atoms with Gasteiger partial charge in [-0.1, -0.05) is 47.1 Å². The Labute approximate surface area is 198 Å². The molecule has 0 bridgehead atoms. The number of nitro groups is 1. The van der Waals surface area contributed by atoms with Gasteiger partial charge in [-0.05, 0) is 38.1 Å². The molecule has 1 heterocycles. The standard InChI is InChI=1S/C20H19Cl2N5O4S/c1-3-26-19(12(2)31-17-7-5-4-6-15(17)22)24-25-20(26)32-11-18(28)23-13-8-9-14(21)16(10-13)27(29)30/h4-10,12H,3,11H2,1-2H3,(H,23,28). The van der Waals surface area contributed by atoms with Crippen molar-refractivity contribution in [2.24, 2.45) is 0 Å². The predicted octanol–water partition coefficient (Wildman–Crippen LogP) is 5.38. The van der Waals surface area contributed by atoms with Gasteiger partial charge in [0.25, 0.3) is 5.69 Å². The summed E-state index contributed by atoms with van der Waals surface area (Å²) in [5, 5.41) is 23.1. The lowest BCUT2D eigenvalue weighted by Crippen LogP contribution is -2.15. The Morgan fingerprint density at radius 3 is 2.69 bits per heavy atom. The summed E-state index contributed by atoms with van der Waals surface area (Å²) < 4.78 is 7.78. The molecule has 0 saturated heterocycles. The van der Waals surface area contributed by atoms with E-state index < -0.39 is 11.0 Å². The van der Waals surface area contributed by atoms with Crippen LogP contribution < -0.4 is 10.1 Å². The highest BCUT2D eigenvalue weighted by molar-refractivity contribution is 7.99. The molecule has 1 amide bonds. The van der Waals surface area contributed by atoms with Crippen LogP contribution in [0.4, 0.5) is 11.4 Å². The van der Waals surface area contributed by atoms with E-state index in [0.29, 0.717) is 28.3 Å². The molecule has 1 N–H and O–H groups in total. The summed E-state index contributed by atoms with van der Waals surface area (Å²) in [5.74, 6) is 0.828. The van der Waals surface area contributed by atoms with E-state index >= 15 is 0 Å². The minimum absolute atomic E-state index is 0.000852. The smallest absolute Gasteiger partial charge is 0.289 e. The fourth-order valence-electron chi connectivity index (χ4n) is 2.85. The number of amides is 1. The number of nitro benzene ring substituents is 1. The molecule has 0 aliphatic carbocycles. The molecule has 0 fully saturated rings. The first-order chi connectivity index (χ1) is 15.3. The lowest BCUT2D eigenvalue weighted by atomic mass is 10.3. The third-order valence-corrected chi connectivity index (χ3v) is 5.92. The number of hydrogen-bond donors (Lipinski definition) is 1. The molecule has 0 saturated carbocycles. The van der Waals surface area contributed by atoms with Gasteiger partial charge in [0.1, 0.15) is 10.8 Å². The predicted molar refractivity (Wildman–Crippen MR) is 124 cm³/mol. The van der Waals surface area contributed by atoms with Gasteiger partial charge < -0.3 is 14.6 Å². The Hall–Kier alpha value is -2.82. The number of ether oxygens (including phenoxy) is 1. The van der Waals surface area contributed by atoms with Crippen LogP contribution in [-0.2, 0) is 11.3 Å². The second-order valence-corrected chi connectivity index (χ2v) is 8.29. The Morgan fingerprint density at radius 1 is 1.25 bits per heavy atom. The number of carbonyl (C=O) groups is 1. The SMILES string of the molecule is CCn1c(SCC(=O)Nc2ccc(Cl)c([N+](=O)[O-])c2)nnc1C(C)Oc1ccccc1Cl. The first-order valence-corrected chi connectivity index (χ1v) is 11.2. The highest BCUT2D eigenvalue weighted by Gasteiger charge is 2.20. The maximum atomic E-state index is 12.3. The van der Waals surface area contributed by atoms with E-state index in [2.05, 4.69) is 15.5 Å². The van der Waals surface area contributed by atoms with Crippen molar-refractivity contribution < 1.29 is 14.5 Å². The van der Waals surface area contributed by atoms with E-state index in [4.69, 9.17) is 27.9 Å². The number of rotatable bonds is 9. The zero-order valence-corrected chi connectivity index (χ0v) is 19.4. The van der Waals surface area contributed by atoms with Crippen LogP contribution in [0.5, 0.6) is 5.75 Å². The Kier molecular flexibility index (Phi) is 7.94. The lowest BCUT2D eigenvalue weighted by molar-refractivity contribution is -0.384. The molecule has 1 unspecified atom stereocenters. The van der Waals surface area contributed by atoms with E-state index in [0.717, 1.165) is 0 Å². The van der Waals surface area contributed by atoms with Crippen molar-refractivity contribution in [3.63, 3.8) is 0 Å². The molecule has 0 spiro atoms. The largest absolute Gasteiger partial charge is 0.481 e. The zero-order chi connectivity index (χ0) is 23.3. The first-order valence-electron chi connectivity index (χ1n) is 9.51. The molecule has 1 atom stereocenters. The average molecular weight is 496 g/mol. The van der Waals surface area contributed by atoms with E-state index in [1.54, 1.807) is 12.1 Å². The van der Waals surface area contributed by atoms with Crippen LogP contribution in [0.25, 0.3) is 0 Å². The summed E-state index contributed by atoms with van der Waals surface area (Å²) in [4.78, 5) is 22.7. The fraction of sp³-hybridized carbons (Fsp3) is 0.250. The van der Waals surface area contributed by atoms with Gasteiger partial charge in [0, 0.05) is 18.3 Å². The second kappa shape index (κ2) is 10.7. The Bertz CT molecular complexity index is 1140. The summed E-state index contributed by atoms with van der Waals surface area (Å²) >= 11 is 13.2. The lowest BCUT2D eigenvalue weighted by Gasteiger charge is -2.16. The molecule has 0 aliphatic rings. The average Bonchev–Trinajstić information content (AvgIpc) is 3.18. The van der Waals surface area contributed by atoms with Crippen LogP contribution in [0, 0.1) is 10.1 Å². The number of nitrogens with zero attached hydrogens (tertiary/aromatic N) is 4. The van der Waals surface area contributed by atoms with Gasteiger partial charge in [0.2, 0.25) is 5.91 Å². The highest BCUT2D eigenvalue weighted by atomic mass is 35.5. The number of anilines is 1. The van der Waals surface area contributed by atoms with Gasteiger partial charge in [0.05, 0.1) is 15.7 Å². The van der Waals surface area contributed by atoms with Crippen molar-refractivity contribution >= 4 is 52.2 Å². The molecule has 3 aromatic rings. The van der Waals surface area contributed by atoms with Crippen LogP contribution in [-0.4, -0.2) is 31.3 Å². The third kappa shape index (κ3) is 5.70. The molecular formula is C20H19Cl2N5O4S. The van der Waals surface area contributed by atoms with Crippen LogP contribution in [0.2, 0.25) is 10.0 Å². The number of para-hydroxylation sites is 1. The zero-order valence-electron chi connectivity index (χ0n) is 17.1. The number of thioether (sulfide) groups is 1. The number of aromatic nitrogens is 3. The maximum absolute atomic E-state index is 12.3. The van der Waals surface area contributed by atoms with Crippen LogP contribution in [0.15, 0.2) is 47.6 Å². The highest BCUT2D eigenvalue weighted by Crippen LogP contribution is 2.30. The van der Waals surface area contributed by atoms with Gasteiger partial charge in [-0.25, -0.2) is 0 Å². The number of nitrogens with one attached hydrogen (secondary N) is 1. The molecular weight excluding hydrogens is 477 g/mol. The van der Waals surface area contributed by atoms with Crippen LogP contribution in [0.3, 0.4) is 0 Å². The van der Waals surface area contributed by atoms with E-state index in [1.807, 2.05) is 30.5 Å². The number of benzene rings is 2. The van der Waals surface area contributed by atoms with Gasteiger partial charge in [0.15, 0.2) is 17.1 Å². The molecule has 9 nitrogen and oxygen atoms in total. The van der Waals surface area contributed by atoms with E-state index in [9.17, 15) is 14.9 Å². The summed E-state index contributed by atoms with van der Waals surface area (Å²) in [7, 11) is 0. The molecule has 0 aliphatic heterocycles. The topological polar surface area (TPSA) is 112 Å². The number of hydrogen-bond acceptors (Lipinski definition) is 7. The molecule has 3 rings (SSSR count). The summed E-state index contributed by atoms with van der Waals surface area (Å²) in [6.07, 6.45) is -0.417. The van der Waals surface area contributed by atoms with Crippen molar-refractivity contribution in [3.8, 4) is 5.75 Å². The molecule has 32 heavy (non-hydrogen) atoms. The minimum Gasteiger partial charge on any atom is -0.481 e. The van der Waals surface area contributed by atoms with E-state index in [-0.39, 0.29) is 28.1 Å². The number of carbonyl (C=O) groups excluding carboxylic acids is 1. The molecule has 12 heteroatoms. The summed E-state index contributed by atoms with van der Waals surface area (Å²) in [5.41, 5.74) is 0.00565. The third-order valence-electron chi connectivity index (χ3n) is 4.32. The minimum atomic E-state index is -0.607. The number of halogens is 2. The molecule has 1 aromatic heterocycles. The van der Waals surface area contributed by atoms with Crippen molar-refractivity contribution in [2.75, 3.05) is 11.1 Å². The van der Waals surface area contributed by atoms with Crippen molar-refractivity contribution in [1.82, 2.24) is 14.8 Å². The summed E-state index contributed by atoms with van der Waals surface area (Å²) in [6.45, 7) is 4.35. The Balaban J connectivity index is 1.65. The first kappa shape index (κ1) is 23.8. The quantitative estimate of drug-likeness (QED) is 0.240. The second-order valence-electron chi connectivity index (χ2n) is 6.54. The monoisotopic (exact) mass is 495 g/mol. The Morgan fingerprint density at radius 2 is 2.00 bits per heavy atom. The normalized spacial score (nSPS) is 11.8. The fourth-order valence-corrected chi connectivity index (χ4v) is 4.02. The molecule has 0 radical (unpaired) electrons. The van der Waals surface area contributed by atoms with Crippen molar-refractivity contribution in [2.45, 2.75) is 31.7 Å². The van der Waals surface area contributed by atoms with Gasteiger partial charge in [-0.3, -0.25) is 14.9 Å². The van der Waals surface area contributed by atoms with E-state index in [1.165, 1.54) is 30.0 Å². The summed E-state index contributed by atoms with van der Waals surface area (Å²) in [6, 6.07) is 11.2. The van der Waals surface area contributed by atoms with Gasteiger partial charge in [-0.2, -0.15) is 0 Å². The van der Waals surface area contributed by atoms with Crippen LogP contribution >= 0.6 is 35.0 Å². The van der Waals surface area contributed by atoms with Gasteiger partial charge >= 0.3 is 0 Å². The van der Waals surface area contributed by atoms with Crippen molar-refractivity contribution in [3.05, 3.63) is 68.4 Å². The molecule has 168 valence electrons.